The summed E-state index contributed by atoms with van der Waals surface area (Å²) in [7, 11) is 0. The van der Waals surface area contributed by atoms with E-state index in [0.29, 0.717) is 5.92 Å². The summed E-state index contributed by atoms with van der Waals surface area (Å²) >= 11 is 0. The lowest BCUT2D eigenvalue weighted by Crippen LogP contribution is -1.80. The van der Waals surface area contributed by atoms with Crippen molar-refractivity contribution >= 4 is 0 Å². The summed E-state index contributed by atoms with van der Waals surface area (Å²) in [5, 5.41) is 0. The van der Waals surface area contributed by atoms with Crippen LogP contribution in [0, 0.1) is 5.92 Å². The van der Waals surface area contributed by atoms with E-state index in [-0.39, 0.29) is 0 Å². The van der Waals surface area contributed by atoms with Crippen LogP contribution in [0.2, 0.25) is 0 Å². The van der Waals surface area contributed by atoms with Crippen LogP contribution in [-0.2, 0) is 0 Å². The van der Waals surface area contributed by atoms with Gasteiger partial charge in [-0.15, -0.1) is 13.2 Å². The molecular weight excluding hydrogens is 132 g/mol. The molecule has 0 heterocycles. The van der Waals surface area contributed by atoms with Crippen molar-refractivity contribution in [3.05, 3.63) is 24.8 Å². The van der Waals surface area contributed by atoms with Gasteiger partial charge in [-0.2, -0.15) is 0 Å². The Labute approximate surface area is 72.0 Å². The molecule has 0 amide bonds. The fourth-order valence-electron chi connectivity index (χ4n) is 0.167. The maximum absolute atomic E-state index is 3.67. The molecule has 1 unspecified atom stereocenters. The van der Waals surface area contributed by atoms with Crippen molar-refractivity contribution in [2.24, 2.45) is 5.92 Å². The van der Waals surface area contributed by atoms with Gasteiger partial charge in [-0.05, 0) is 19.3 Å². The molecule has 0 aromatic heterocycles. The fourth-order valence-corrected chi connectivity index (χ4v) is 0.167. The number of rotatable bonds is 3. The monoisotopic (exact) mass is 154 g/mol. The third-order valence-electron chi connectivity index (χ3n) is 1.65. The van der Waals surface area contributed by atoms with Gasteiger partial charge in [0.15, 0.2) is 0 Å². The van der Waals surface area contributed by atoms with Gasteiger partial charge in [0.2, 0.25) is 0 Å². The minimum absolute atomic E-state index is 0.699. The Balaban J connectivity index is 0. The van der Waals surface area contributed by atoms with E-state index in [1.807, 2.05) is 13.0 Å². The van der Waals surface area contributed by atoms with Crippen molar-refractivity contribution in [3.8, 4) is 0 Å². The molecule has 0 heteroatoms. The van der Waals surface area contributed by atoms with Crippen LogP contribution in [0.4, 0.5) is 0 Å². The van der Waals surface area contributed by atoms with Crippen LogP contribution < -0.4 is 0 Å². The first kappa shape index (κ1) is 13.1. The molecule has 0 fully saturated rings. The summed E-state index contributed by atoms with van der Waals surface area (Å²) in [4.78, 5) is 0. The molecule has 66 valence electrons. The molecule has 0 spiro atoms. The van der Waals surface area contributed by atoms with Crippen LogP contribution in [-0.4, -0.2) is 0 Å². The molecule has 0 N–H and O–H groups in total. The van der Waals surface area contributed by atoms with Crippen molar-refractivity contribution < 1.29 is 0 Å². The first-order chi connectivity index (χ1) is 5.08. The van der Waals surface area contributed by atoms with Crippen molar-refractivity contribution in [2.45, 2.75) is 40.5 Å². The third-order valence-corrected chi connectivity index (χ3v) is 1.65. The predicted octanol–water partition coefficient (Wildman–Crippen LogP) is 4.19. The van der Waals surface area contributed by atoms with E-state index >= 15 is 0 Å². The van der Waals surface area contributed by atoms with Gasteiger partial charge in [-0.3, -0.25) is 0 Å². The smallest absolute Gasteiger partial charge is 0.0267 e. The minimum atomic E-state index is 0.699. The molecule has 0 radical (unpaired) electrons. The normalized spacial score (nSPS) is 10.9. The zero-order chi connectivity index (χ0) is 9.28. The molecule has 0 bridgehead atoms. The summed E-state index contributed by atoms with van der Waals surface area (Å²) in [6.45, 7) is 15.8. The second-order valence-corrected chi connectivity index (χ2v) is 2.93. The molecule has 0 saturated carbocycles. The Hall–Kier alpha value is -0.520. The van der Waals surface area contributed by atoms with E-state index in [1.54, 1.807) is 0 Å². The Morgan fingerprint density at radius 2 is 1.82 bits per heavy atom. The Morgan fingerprint density at radius 1 is 1.45 bits per heavy atom. The van der Waals surface area contributed by atoms with Gasteiger partial charge < -0.3 is 0 Å². The third kappa shape index (κ3) is 17.7. The zero-order valence-corrected chi connectivity index (χ0v) is 8.48. The molecular formula is C11H22. The number of allylic oxidation sites excluding steroid dienone is 2. The van der Waals surface area contributed by atoms with Crippen molar-refractivity contribution in [2.75, 3.05) is 0 Å². The highest BCUT2D eigenvalue weighted by Crippen LogP contribution is 1.98. The molecule has 0 rings (SSSR count). The SMILES string of the molecule is C=C(C)CC.C=CC(C)CC. The highest BCUT2D eigenvalue weighted by Gasteiger charge is 1.84. The van der Waals surface area contributed by atoms with E-state index in [4.69, 9.17) is 0 Å². The van der Waals surface area contributed by atoms with Gasteiger partial charge in [-0.1, -0.05) is 38.8 Å². The van der Waals surface area contributed by atoms with Crippen LogP contribution in [0.15, 0.2) is 24.8 Å². The highest BCUT2D eigenvalue weighted by molar-refractivity contribution is 4.84. The van der Waals surface area contributed by atoms with Crippen LogP contribution in [0.3, 0.4) is 0 Å². The molecule has 11 heavy (non-hydrogen) atoms. The first-order valence-electron chi connectivity index (χ1n) is 4.35. The summed E-state index contributed by atoms with van der Waals surface area (Å²) in [5.74, 6) is 0.699. The van der Waals surface area contributed by atoms with E-state index in [0.717, 1.165) is 6.42 Å². The standard InChI is InChI=1S/C6H12.C5H10/c1-4-6(3)5-2;1-4-5(2)3/h4,6H,1,5H2,2-3H3;2,4H2,1,3H3. The topological polar surface area (TPSA) is 0 Å². The highest BCUT2D eigenvalue weighted by atomic mass is 13.9. The average molecular weight is 154 g/mol. The lowest BCUT2D eigenvalue weighted by Gasteiger charge is -1.93. The maximum atomic E-state index is 3.67. The van der Waals surface area contributed by atoms with Crippen LogP contribution in [0.1, 0.15) is 40.5 Å². The second kappa shape index (κ2) is 9.48. The lowest BCUT2D eigenvalue weighted by molar-refractivity contribution is 0.700. The van der Waals surface area contributed by atoms with E-state index in [1.165, 1.54) is 12.0 Å². The van der Waals surface area contributed by atoms with Crippen LogP contribution in [0.5, 0.6) is 0 Å². The number of hydrogen-bond acceptors (Lipinski definition) is 0. The van der Waals surface area contributed by atoms with E-state index in [2.05, 4.69) is 33.9 Å². The summed E-state index contributed by atoms with van der Waals surface area (Å²) < 4.78 is 0. The molecule has 0 aromatic rings. The summed E-state index contributed by atoms with van der Waals surface area (Å²) in [6, 6.07) is 0. The first-order valence-corrected chi connectivity index (χ1v) is 4.35. The largest absolute Gasteiger partial charge is 0.103 e. The van der Waals surface area contributed by atoms with Gasteiger partial charge in [0.25, 0.3) is 0 Å². The quantitative estimate of drug-likeness (QED) is 0.535. The Bertz CT molecular complexity index is 101. The van der Waals surface area contributed by atoms with Gasteiger partial charge in [0.05, 0.1) is 0 Å². The van der Waals surface area contributed by atoms with Crippen molar-refractivity contribution in [1.82, 2.24) is 0 Å². The maximum Gasteiger partial charge on any atom is -0.0267 e. The van der Waals surface area contributed by atoms with Crippen molar-refractivity contribution in [3.63, 3.8) is 0 Å². The van der Waals surface area contributed by atoms with Crippen LogP contribution in [0.25, 0.3) is 0 Å². The van der Waals surface area contributed by atoms with Gasteiger partial charge in [0.1, 0.15) is 0 Å². The molecule has 0 aromatic carbocycles. The lowest BCUT2D eigenvalue weighted by atomic mass is 10.1. The van der Waals surface area contributed by atoms with Crippen LogP contribution >= 0.6 is 0 Å². The molecule has 0 nitrogen and oxygen atoms in total. The second-order valence-electron chi connectivity index (χ2n) is 2.93. The summed E-state index contributed by atoms with van der Waals surface area (Å²) in [6.07, 6.45) is 4.30. The molecule has 0 saturated heterocycles. The zero-order valence-electron chi connectivity index (χ0n) is 8.48. The van der Waals surface area contributed by atoms with Gasteiger partial charge >= 0.3 is 0 Å². The summed E-state index contributed by atoms with van der Waals surface area (Å²) in [5.41, 5.74) is 1.25. The van der Waals surface area contributed by atoms with Crippen molar-refractivity contribution in [1.29, 1.82) is 0 Å². The average Bonchev–Trinajstić information content (AvgIpc) is 2.04. The predicted molar refractivity (Wildman–Crippen MR) is 54.8 cm³/mol. The molecule has 0 aliphatic rings. The van der Waals surface area contributed by atoms with E-state index in [9.17, 15) is 0 Å². The number of hydrogen-bond donors (Lipinski definition) is 0. The molecule has 1 atom stereocenters. The Kier molecular flexibility index (Phi) is 11.3. The van der Waals surface area contributed by atoms with E-state index < -0.39 is 0 Å². The molecule has 0 aliphatic carbocycles. The van der Waals surface area contributed by atoms with Gasteiger partial charge in [0, 0.05) is 0 Å². The van der Waals surface area contributed by atoms with Gasteiger partial charge in [-0.25, -0.2) is 0 Å². The molecule has 0 aliphatic heterocycles. The fraction of sp³-hybridized carbons (Fsp3) is 0.636. The Morgan fingerprint density at radius 3 is 1.82 bits per heavy atom. The minimum Gasteiger partial charge on any atom is -0.103 e.